The fourth-order valence-electron chi connectivity index (χ4n) is 2.03. The lowest BCUT2D eigenvalue weighted by Crippen LogP contribution is -2.46. The molecule has 2 aromatic carbocycles. The van der Waals surface area contributed by atoms with Gasteiger partial charge in [-0.25, -0.2) is 16.8 Å². The zero-order chi connectivity index (χ0) is 19.6. The molecule has 0 heterocycles. The van der Waals surface area contributed by atoms with Crippen LogP contribution >= 0.6 is 0 Å². The van der Waals surface area contributed by atoms with E-state index in [0.717, 1.165) is 12.5 Å². The first kappa shape index (κ1) is 20.2. The summed E-state index contributed by atoms with van der Waals surface area (Å²) in [6.45, 7) is 0. The highest BCUT2D eigenvalue weighted by molar-refractivity contribution is 7.95. The first-order chi connectivity index (χ1) is 11.9. The first-order valence-electron chi connectivity index (χ1n) is 7.05. The molecule has 0 saturated carbocycles. The third-order valence-corrected chi connectivity index (χ3v) is 5.86. The maximum atomic E-state index is 13.1. The molecule has 12 heteroatoms. The van der Waals surface area contributed by atoms with E-state index in [4.69, 9.17) is 0 Å². The van der Waals surface area contributed by atoms with Crippen molar-refractivity contribution in [3.63, 3.8) is 0 Å². The van der Waals surface area contributed by atoms with Gasteiger partial charge in [-0.05, 0) is 24.3 Å². The number of rotatable bonds is 7. The molecule has 0 unspecified atom stereocenters. The van der Waals surface area contributed by atoms with Gasteiger partial charge in [0.25, 0.3) is 10.0 Å². The second kappa shape index (κ2) is 7.23. The maximum Gasteiger partial charge on any atom is 0.280 e. The smallest absolute Gasteiger partial charge is 0.280 e. The quantitative estimate of drug-likeness (QED) is 0.636. The molecule has 0 fully saturated rings. The van der Waals surface area contributed by atoms with Crippen molar-refractivity contribution in [2.75, 3.05) is 21.6 Å². The highest BCUT2D eigenvalue weighted by Crippen LogP contribution is 2.28. The van der Waals surface area contributed by atoms with Crippen LogP contribution in [0.3, 0.4) is 0 Å². The van der Waals surface area contributed by atoms with Crippen molar-refractivity contribution in [1.82, 2.24) is 4.83 Å². The Kier molecular flexibility index (Phi) is 5.61. The molecule has 2 aromatic rings. The lowest BCUT2D eigenvalue weighted by molar-refractivity contribution is 0.573. The molecule has 0 atom stereocenters. The molecule has 0 saturated heterocycles. The highest BCUT2D eigenvalue weighted by Gasteiger charge is 2.30. The van der Waals surface area contributed by atoms with Crippen LogP contribution < -0.4 is 14.0 Å². The number of anilines is 2. The Hall–Kier alpha value is -2.15. The average Bonchev–Trinajstić information content (AvgIpc) is 2.51. The number of nitrogens with zero attached hydrogens (tertiary/aromatic N) is 1. The third-order valence-electron chi connectivity index (χ3n) is 2.94. The maximum absolute atomic E-state index is 13.1. The minimum absolute atomic E-state index is 0.0343. The summed E-state index contributed by atoms with van der Waals surface area (Å²) in [5.74, 6) is 0. The standard InChI is InChI=1S/C14H17N3O6S3/c1-24(18,19)15-13-10-6-7-11-14(13)26(22,23)17(16-25(2,20)21)12-8-4-3-5-9-12/h3-11,15-16H,1-2H3. The molecule has 142 valence electrons. The van der Waals surface area contributed by atoms with Crippen LogP contribution in [0.1, 0.15) is 0 Å². The molecule has 2 N–H and O–H groups in total. The summed E-state index contributed by atoms with van der Waals surface area (Å²) in [6.07, 6.45) is 1.68. The summed E-state index contributed by atoms with van der Waals surface area (Å²) in [7, 11) is -12.2. The van der Waals surface area contributed by atoms with Crippen LogP contribution in [0.2, 0.25) is 0 Å². The van der Waals surface area contributed by atoms with Gasteiger partial charge in [0, 0.05) is 0 Å². The molecular formula is C14H17N3O6S3. The summed E-state index contributed by atoms with van der Waals surface area (Å²) in [5.41, 5.74) is -0.168. The van der Waals surface area contributed by atoms with E-state index in [2.05, 4.69) is 4.72 Å². The lowest BCUT2D eigenvalue weighted by atomic mass is 10.3. The van der Waals surface area contributed by atoms with Gasteiger partial charge in [-0.2, -0.15) is 12.8 Å². The largest absolute Gasteiger partial charge is 0.282 e. The van der Waals surface area contributed by atoms with Gasteiger partial charge in [0.15, 0.2) is 0 Å². The van der Waals surface area contributed by atoms with Crippen molar-refractivity contribution in [2.45, 2.75) is 4.90 Å². The molecule has 0 amide bonds. The van der Waals surface area contributed by atoms with Crippen molar-refractivity contribution < 1.29 is 25.3 Å². The molecule has 0 aliphatic rings. The molecule has 9 nitrogen and oxygen atoms in total. The number of hydrogen-bond acceptors (Lipinski definition) is 6. The number of para-hydroxylation sites is 2. The fraction of sp³-hybridized carbons (Fsp3) is 0.143. The Morgan fingerprint density at radius 2 is 1.27 bits per heavy atom. The third kappa shape index (κ3) is 5.17. The number of sulfonamides is 3. The van der Waals surface area contributed by atoms with Crippen LogP contribution in [0.5, 0.6) is 0 Å². The van der Waals surface area contributed by atoms with E-state index in [1.807, 2.05) is 4.83 Å². The Morgan fingerprint density at radius 3 is 1.81 bits per heavy atom. The topological polar surface area (TPSA) is 130 Å². The van der Waals surface area contributed by atoms with E-state index in [1.54, 1.807) is 6.07 Å². The predicted octanol–water partition coefficient (Wildman–Crippen LogP) is 0.718. The molecule has 2 rings (SSSR count). The number of hydrogen-bond donors (Lipinski definition) is 2. The number of nitrogens with one attached hydrogen (secondary N) is 2. The Morgan fingerprint density at radius 1 is 0.731 bits per heavy atom. The highest BCUT2D eigenvalue weighted by atomic mass is 32.2. The summed E-state index contributed by atoms with van der Waals surface area (Å²) in [5, 5.41) is 0. The minimum atomic E-state index is -4.47. The van der Waals surface area contributed by atoms with Crippen molar-refractivity contribution in [3.8, 4) is 0 Å². The van der Waals surface area contributed by atoms with Crippen molar-refractivity contribution in [3.05, 3.63) is 54.6 Å². The predicted molar refractivity (Wildman–Crippen MR) is 99.0 cm³/mol. The van der Waals surface area contributed by atoms with Gasteiger partial charge >= 0.3 is 0 Å². The summed E-state index contributed by atoms with van der Waals surface area (Å²) in [6, 6.07) is 12.7. The van der Waals surface area contributed by atoms with E-state index in [0.29, 0.717) is 4.41 Å². The summed E-state index contributed by atoms with van der Waals surface area (Å²) in [4.78, 5) is 1.53. The van der Waals surface area contributed by atoms with E-state index in [1.165, 1.54) is 48.5 Å². The summed E-state index contributed by atoms with van der Waals surface area (Å²) < 4.78 is 75.1. The molecular weight excluding hydrogens is 402 g/mol. The first-order valence-corrected chi connectivity index (χ1v) is 12.3. The molecule has 0 aromatic heterocycles. The molecule has 0 spiro atoms. The SMILES string of the molecule is CS(=O)(=O)Nc1ccccc1S(=O)(=O)N(NS(C)(=O)=O)c1ccccc1. The molecule has 0 radical (unpaired) electrons. The normalized spacial score (nSPS) is 12.5. The molecule has 26 heavy (non-hydrogen) atoms. The van der Waals surface area contributed by atoms with E-state index >= 15 is 0 Å². The Bertz CT molecular complexity index is 1100. The molecule has 0 aliphatic heterocycles. The van der Waals surface area contributed by atoms with Crippen molar-refractivity contribution in [1.29, 1.82) is 0 Å². The van der Waals surface area contributed by atoms with E-state index in [-0.39, 0.29) is 11.4 Å². The van der Waals surface area contributed by atoms with Crippen LogP contribution in [-0.2, 0) is 30.1 Å². The fourth-order valence-corrected chi connectivity index (χ4v) is 5.12. The number of hydrazine groups is 1. The van der Waals surface area contributed by atoms with E-state index < -0.39 is 35.0 Å². The van der Waals surface area contributed by atoms with Gasteiger partial charge in [-0.3, -0.25) is 4.72 Å². The zero-order valence-corrected chi connectivity index (χ0v) is 16.3. The van der Waals surface area contributed by atoms with Gasteiger partial charge in [-0.1, -0.05) is 30.3 Å². The second-order valence-electron chi connectivity index (χ2n) is 5.34. The lowest BCUT2D eigenvalue weighted by Gasteiger charge is -2.25. The monoisotopic (exact) mass is 419 g/mol. The Balaban J connectivity index is 2.65. The average molecular weight is 420 g/mol. The van der Waals surface area contributed by atoms with Gasteiger partial charge in [0.1, 0.15) is 4.90 Å². The zero-order valence-electron chi connectivity index (χ0n) is 13.8. The van der Waals surface area contributed by atoms with Gasteiger partial charge in [0.05, 0.1) is 23.9 Å². The van der Waals surface area contributed by atoms with Crippen LogP contribution in [-0.4, -0.2) is 37.8 Å². The second-order valence-corrected chi connectivity index (χ2v) is 10.6. The van der Waals surface area contributed by atoms with Gasteiger partial charge in [-0.15, -0.1) is 4.83 Å². The minimum Gasteiger partial charge on any atom is -0.282 e. The van der Waals surface area contributed by atoms with Crippen LogP contribution in [0.4, 0.5) is 11.4 Å². The van der Waals surface area contributed by atoms with Gasteiger partial charge < -0.3 is 0 Å². The molecule has 0 bridgehead atoms. The van der Waals surface area contributed by atoms with E-state index in [9.17, 15) is 25.3 Å². The van der Waals surface area contributed by atoms with Crippen molar-refractivity contribution >= 4 is 41.4 Å². The van der Waals surface area contributed by atoms with Crippen molar-refractivity contribution in [2.24, 2.45) is 0 Å². The summed E-state index contributed by atoms with van der Waals surface area (Å²) >= 11 is 0. The van der Waals surface area contributed by atoms with Gasteiger partial charge in [0.2, 0.25) is 20.0 Å². The molecule has 0 aliphatic carbocycles. The Labute approximate surface area is 152 Å². The van der Waals surface area contributed by atoms with Crippen LogP contribution in [0.25, 0.3) is 0 Å². The van der Waals surface area contributed by atoms with Crippen LogP contribution in [0, 0.1) is 0 Å². The van der Waals surface area contributed by atoms with Crippen LogP contribution in [0.15, 0.2) is 59.5 Å². The number of benzene rings is 2.